The van der Waals surface area contributed by atoms with Crippen LogP contribution in [0, 0.1) is 17.0 Å². The molecule has 3 aromatic carbocycles. The Labute approximate surface area is 212 Å². The number of anilines is 1. The molecule has 3 aromatic rings. The summed E-state index contributed by atoms with van der Waals surface area (Å²) in [5.41, 5.74) is 1.83. The van der Waals surface area contributed by atoms with Gasteiger partial charge in [-0.15, -0.1) is 0 Å². The van der Waals surface area contributed by atoms with Crippen LogP contribution in [0.15, 0.2) is 60.7 Å². The smallest absolute Gasteiger partial charge is 0.286 e. The third-order valence-corrected chi connectivity index (χ3v) is 5.36. The number of hydrogen-bond acceptors (Lipinski definition) is 7. The van der Waals surface area contributed by atoms with E-state index in [1.165, 1.54) is 20.3 Å². The highest BCUT2D eigenvalue weighted by molar-refractivity contribution is 6.04. The minimum absolute atomic E-state index is 0.0285. The number of nitro groups is 1. The van der Waals surface area contributed by atoms with Crippen molar-refractivity contribution in [3.05, 3.63) is 93.0 Å². The second-order valence-corrected chi connectivity index (χ2v) is 7.89. The summed E-state index contributed by atoms with van der Waals surface area (Å²) >= 11 is 0. The summed E-state index contributed by atoms with van der Waals surface area (Å²) in [6, 6.07) is 15.8. The predicted octanol–water partition coefficient (Wildman–Crippen LogP) is 3.33. The van der Waals surface area contributed by atoms with Crippen molar-refractivity contribution in [2.75, 3.05) is 32.6 Å². The summed E-state index contributed by atoms with van der Waals surface area (Å²) in [6.45, 7) is 2.04. The standard InChI is InChI=1S/C26H26N4O7/c1-16-4-6-18(7-5-16)25(32)29-19-10-8-17(9-11-19)24(31)27-12-13-28-26(33)20-14-22(36-2)23(37-3)15-21(20)30(34)35/h4-11,14-15H,12-13H2,1-3H3,(H,27,31)(H,28,33)(H,29,32). The molecule has 0 aliphatic rings. The summed E-state index contributed by atoms with van der Waals surface area (Å²) in [6.07, 6.45) is 0. The Hall–Kier alpha value is -4.93. The predicted molar refractivity (Wildman–Crippen MR) is 136 cm³/mol. The molecule has 37 heavy (non-hydrogen) atoms. The SMILES string of the molecule is COc1cc(C(=O)NCCNC(=O)c2ccc(NC(=O)c3ccc(C)cc3)cc2)c([N+](=O)[O-])cc1OC. The van der Waals surface area contributed by atoms with Gasteiger partial charge < -0.3 is 25.4 Å². The van der Waals surface area contributed by atoms with Crippen molar-refractivity contribution < 1.29 is 28.8 Å². The highest BCUT2D eigenvalue weighted by atomic mass is 16.6. The molecule has 11 heteroatoms. The number of carbonyl (C=O) groups excluding carboxylic acids is 3. The van der Waals surface area contributed by atoms with Gasteiger partial charge in [0.05, 0.1) is 25.2 Å². The third kappa shape index (κ3) is 6.82. The van der Waals surface area contributed by atoms with Gasteiger partial charge in [-0.05, 0) is 43.3 Å². The van der Waals surface area contributed by atoms with E-state index in [0.29, 0.717) is 16.8 Å². The van der Waals surface area contributed by atoms with E-state index in [0.717, 1.165) is 11.6 Å². The van der Waals surface area contributed by atoms with E-state index in [4.69, 9.17) is 9.47 Å². The van der Waals surface area contributed by atoms with E-state index < -0.39 is 16.5 Å². The van der Waals surface area contributed by atoms with Crippen LogP contribution in [-0.2, 0) is 0 Å². The fourth-order valence-corrected chi connectivity index (χ4v) is 3.36. The highest BCUT2D eigenvalue weighted by Gasteiger charge is 2.24. The lowest BCUT2D eigenvalue weighted by Gasteiger charge is -2.11. The lowest BCUT2D eigenvalue weighted by molar-refractivity contribution is -0.385. The number of nitrogens with one attached hydrogen (secondary N) is 3. The Kier molecular flexibility index (Phi) is 8.76. The van der Waals surface area contributed by atoms with Gasteiger partial charge in [-0.2, -0.15) is 0 Å². The van der Waals surface area contributed by atoms with Crippen molar-refractivity contribution in [1.29, 1.82) is 0 Å². The Morgan fingerprint density at radius 1 is 0.784 bits per heavy atom. The fourth-order valence-electron chi connectivity index (χ4n) is 3.36. The van der Waals surface area contributed by atoms with Crippen LogP contribution in [0.25, 0.3) is 0 Å². The largest absolute Gasteiger partial charge is 0.493 e. The first-order chi connectivity index (χ1) is 17.7. The van der Waals surface area contributed by atoms with Crippen molar-refractivity contribution in [3.63, 3.8) is 0 Å². The van der Waals surface area contributed by atoms with E-state index in [1.807, 2.05) is 19.1 Å². The zero-order valence-electron chi connectivity index (χ0n) is 20.5. The number of amides is 3. The molecule has 0 unspecified atom stereocenters. The number of ether oxygens (including phenoxy) is 2. The molecular formula is C26H26N4O7. The number of nitro benzene ring substituents is 1. The maximum absolute atomic E-state index is 12.5. The molecule has 3 amide bonds. The van der Waals surface area contributed by atoms with Gasteiger partial charge in [0.1, 0.15) is 5.56 Å². The van der Waals surface area contributed by atoms with Crippen molar-refractivity contribution in [2.45, 2.75) is 6.92 Å². The monoisotopic (exact) mass is 506 g/mol. The lowest BCUT2D eigenvalue weighted by Crippen LogP contribution is -2.35. The van der Waals surface area contributed by atoms with E-state index in [9.17, 15) is 24.5 Å². The van der Waals surface area contributed by atoms with Gasteiger partial charge in [-0.1, -0.05) is 17.7 Å². The molecule has 11 nitrogen and oxygen atoms in total. The molecule has 0 radical (unpaired) electrons. The molecule has 0 fully saturated rings. The van der Waals surface area contributed by atoms with Crippen LogP contribution in [0.4, 0.5) is 11.4 Å². The number of rotatable bonds is 10. The topological polar surface area (TPSA) is 149 Å². The third-order valence-electron chi connectivity index (χ3n) is 5.36. The Morgan fingerprint density at radius 2 is 1.30 bits per heavy atom. The molecule has 0 spiro atoms. The zero-order chi connectivity index (χ0) is 26.9. The average Bonchev–Trinajstić information content (AvgIpc) is 2.90. The van der Waals surface area contributed by atoms with Gasteiger partial charge >= 0.3 is 0 Å². The minimum atomic E-state index is -0.699. The normalized spacial score (nSPS) is 10.2. The molecule has 0 aliphatic heterocycles. The zero-order valence-corrected chi connectivity index (χ0v) is 20.5. The second kappa shape index (κ2) is 12.2. The number of carbonyl (C=O) groups is 3. The van der Waals surface area contributed by atoms with Crippen LogP contribution in [0.1, 0.15) is 36.6 Å². The van der Waals surface area contributed by atoms with Gasteiger partial charge in [0.15, 0.2) is 11.5 Å². The van der Waals surface area contributed by atoms with E-state index in [1.54, 1.807) is 36.4 Å². The Balaban J connectivity index is 1.52. The van der Waals surface area contributed by atoms with Crippen LogP contribution < -0.4 is 25.4 Å². The maximum atomic E-state index is 12.5. The van der Waals surface area contributed by atoms with Crippen LogP contribution in [0.3, 0.4) is 0 Å². The number of hydrogen-bond donors (Lipinski definition) is 3. The molecule has 3 rings (SSSR count). The molecule has 0 aliphatic carbocycles. The van der Waals surface area contributed by atoms with Gasteiger partial charge in [-0.3, -0.25) is 24.5 Å². The van der Waals surface area contributed by atoms with Gasteiger partial charge in [0, 0.05) is 36.0 Å². The van der Waals surface area contributed by atoms with Crippen molar-refractivity contribution in [2.24, 2.45) is 0 Å². The first-order valence-electron chi connectivity index (χ1n) is 11.2. The molecule has 0 saturated heterocycles. The Morgan fingerprint density at radius 3 is 1.86 bits per heavy atom. The van der Waals surface area contributed by atoms with Crippen molar-refractivity contribution in [1.82, 2.24) is 10.6 Å². The quantitative estimate of drug-likeness (QED) is 0.217. The summed E-state index contributed by atoms with van der Waals surface area (Å²) in [5.74, 6) is -1.05. The highest BCUT2D eigenvalue weighted by Crippen LogP contribution is 2.34. The summed E-state index contributed by atoms with van der Waals surface area (Å²) in [4.78, 5) is 48.0. The molecular weight excluding hydrogens is 480 g/mol. The summed E-state index contributed by atoms with van der Waals surface area (Å²) in [7, 11) is 2.68. The summed E-state index contributed by atoms with van der Waals surface area (Å²) < 4.78 is 10.2. The molecule has 0 atom stereocenters. The molecule has 192 valence electrons. The van der Waals surface area contributed by atoms with E-state index in [2.05, 4.69) is 16.0 Å². The van der Waals surface area contributed by atoms with Gasteiger partial charge in [0.25, 0.3) is 23.4 Å². The van der Waals surface area contributed by atoms with Crippen LogP contribution >= 0.6 is 0 Å². The van der Waals surface area contributed by atoms with E-state index in [-0.39, 0.29) is 42.0 Å². The number of aryl methyl sites for hydroxylation is 1. The van der Waals surface area contributed by atoms with E-state index >= 15 is 0 Å². The van der Waals surface area contributed by atoms with Crippen LogP contribution in [0.5, 0.6) is 11.5 Å². The van der Waals surface area contributed by atoms with Gasteiger partial charge in [0.2, 0.25) is 0 Å². The first kappa shape index (κ1) is 26.7. The lowest BCUT2D eigenvalue weighted by atomic mass is 10.1. The fraction of sp³-hybridized carbons (Fsp3) is 0.192. The number of nitrogens with zero attached hydrogens (tertiary/aromatic N) is 1. The number of benzene rings is 3. The Bertz CT molecular complexity index is 1310. The molecule has 0 heterocycles. The van der Waals surface area contributed by atoms with Crippen LogP contribution in [-0.4, -0.2) is 50.0 Å². The molecule has 0 bridgehead atoms. The van der Waals surface area contributed by atoms with Crippen LogP contribution in [0.2, 0.25) is 0 Å². The minimum Gasteiger partial charge on any atom is -0.493 e. The second-order valence-electron chi connectivity index (χ2n) is 7.89. The number of methoxy groups -OCH3 is 2. The van der Waals surface area contributed by atoms with Crippen molar-refractivity contribution in [3.8, 4) is 11.5 Å². The summed E-state index contributed by atoms with van der Waals surface area (Å²) in [5, 5.41) is 19.3. The van der Waals surface area contributed by atoms with Crippen molar-refractivity contribution >= 4 is 29.1 Å². The van der Waals surface area contributed by atoms with Gasteiger partial charge in [-0.25, -0.2) is 0 Å². The molecule has 3 N–H and O–H groups in total. The molecule has 0 aromatic heterocycles. The average molecular weight is 507 g/mol. The first-order valence-corrected chi connectivity index (χ1v) is 11.2. The maximum Gasteiger partial charge on any atom is 0.286 e. The molecule has 0 saturated carbocycles.